The number of benzene rings is 3. The van der Waals surface area contributed by atoms with Crippen molar-refractivity contribution in [2.45, 2.75) is 50.9 Å². The molecule has 17 heteroatoms. The van der Waals surface area contributed by atoms with Crippen molar-refractivity contribution >= 4 is 35.0 Å². The number of rotatable bonds is 11. The molecule has 64 heavy (non-hydrogen) atoms. The lowest BCUT2D eigenvalue weighted by molar-refractivity contribution is -0.134. The van der Waals surface area contributed by atoms with E-state index in [1.54, 1.807) is 53.6 Å². The summed E-state index contributed by atoms with van der Waals surface area (Å²) in [5, 5.41) is 6.40. The number of carbonyl (C=O) groups is 3. The highest BCUT2D eigenvalue weighted by Crippen LogP contribution is 2.41. The summed E-state index contributed by atoms with van der Waals surface area (Å²) in [6, 6.07) is 21.2. The van der Waals surface area contributed by atoms with E-state index in [0.717, 1.165) is 29.5 Å². The SMILES string of the molecule is CCc1c(-c2ccc(-n3c(OC)nn(C)c3=O)cc2Oc2ccc(C3CCN(c4cc(F)c(C5CCC(=O)NC5=O)c(F)c4)CC3)cc2)ccnc1N1CCN(c2cccnc2)C1=O.[HH]. The Balaban J connectivity index is 0.00000576. The second-order valence-corrected chi connectivity index (χ2v) is 16.0. The maximum Gasteiger partial charge on any atom is 0.353 e. The molecule has 3 aliphatic heterocycles. The minimum atomic E-state index is -1.05. The monoisotopic (exact) mass is 871 g/mol. The molecule has 0 saturated carbocycles. The molecule has 6 heterocycles. The number of nitrogens with one attached hydrogen (secondary N) is 1. The normalized spacial score (nSPS) is 17.0. The van der Waals surface area contributed by atoms with E-state index in [9.17, 15) is 19.2 Å². The van der Waals surface area contributed by atoms with Gasteiger partial charge in [-0.25, -0.2) is 32.6 Å². The van der Waals surface area contributed by atoms with Gasteiger partial charge in [-0.15, -0.1) is 5.10 Å². The molecule has 9 rings (SSSR count). The number of aromatic nitrogens is 5. The fraction of sp³-hybridized carbons (Fsp3) is 0.298. The van der Waals surface area contributed by atoms with Gasteiger partial charge in [-0.3, -0.25) is 29.7 Å². The molecule has 3 fully saturated rings. The zero-order valence-corrected chi connectivity index (χ0v) is 35.5. The summed E-state index contributed by atoms with van der Waals surface area (Å²) in [5.74, 6) is -2.07. The van der Waals surface area contributed by atoms with E-state index in [1.165, 1.54) is 28.5 Å². The van der Waals surface area contributed by atoms with Crippen LogP contribution in [0, 0.1) is 11.6 Å². The third-order valence-corrected chi connectivity index (χ3v) is 12.3. The van der Waals surface area contributed by atoms with Crippen molar-refractivity contribution in [1.29, 1.82) is 0 Å². The standard InChI is InChI=1S/C47H45F2N9O6.H2/c1-4-34-35(15-19-51-43(34)57-23-22-56(47(57)62)31-6-5-18-50-27-31)36-12-9-30(58-45(63-3)53-54(2)46(58)61)26-40(36)64-33-10-7-28(8-11-33)29-16-20-55(21-17-29)32-24-38(48)42(39(49)25-32)37-13-14-41(59)52-44(37)60;/h5-12,15,18-19,24-27,29,37H,4,13-14,16-17,20-23H2,1-3H3,(H,52,59,60);1H. The minimum absolute atomic E-state index is 0. The summed E-state index contributed by atoms with van der Waals surface area (Å²) in [7, 11) is 2.99. The van der Waals surface area contributed by atoms with Gasteiger partial charge in [-0.2, -0.15) is 0 Å². The summed E-state index contributed by atoms with van der Waals surface area (Å²) in [6.07, 6.45) is 7.11. The Morgan fingerprint density at radius 2 is 1.58 bits per heavy atom. The lowest BCUT2D eigenvalue weighted by atomic mass is 9.88. The molecule has 4 amide bonds. The Labute approximate surface area is 368 Å². The van der Waals surface area contributed by atoms with Gasteiger partial charge < -0.3 is 14.4 Å². The first-order chi connectivity index (χ1) is 31.0. The Bertz CT molecular complexity index is 2810. The van der Waals surface area contributed by atoms with E-state index < -0.39 is 35.1 Å². The van der Waals surface area contributed by atoms with Gasteiger partial charge in [-0.1, -0.05) is 19.1 Å². The van der Waals surface area contributed by atoms with Crippen molar-refractivity contribution in [2.24, 2.45) is 7.05 Å². The fourth-order valence-corrected chi connectivity index (χ4v) is 9.02. The summed E-state index contributed by atoms with van der Waals surface area (Å²) < 4.78 is 45.4. The number of anilines is 3. The molecule has 0 radical (unpaired) electrons. The van der Waals surface area contributed by atoms with E-state index in [-0.39, 0.29) is 37.8 Å². The van der Waals surface area contributed by atoms with E-state index in [1.807, 2.05) is 54.3 Å². The highest BCUT2D eigenvalue weighted by atomic mass is 19.1. The third-order valence-electron chi connectivity index (χ3n) is 12.3. The van der Waals surface area contributed by atoms with Crippen LogP contribution >= 0.6 is 0 Å². The molecular formula is C47H47F2N9O6. The largest absolute Gasteiger partial charge is 0.467 e. The average Bonchev–Trinajstić information content (AvgIpc) is 3.84. The zero-order valence-electron chi connectivity index (χ0n) is 35.5. The first-order valence-corrected chi connectivity index (χ1v) is 21.2. The van der Waals surface area contributed by atoms with Gasteiger partial charge in [0.25, 0.3) is 0 Å². The molecule has 0 spiro atoms. The topological polar surface area (TPSA) is 157 Å². The Morgan fingerprint density at radius 1 is 0.828 bits per heavy atom. The van der Waals surface area contributed by atoms with Gasteiger partial charge in [-0.05, 0) is 97.3 Å². The molecule has 330 valence electrons. The molecule has 3 aromatic carbocycles. The predicted octanol–water partition coefficient (Wildman–Crippen LogP) is 7.27. The number of aryl methyl sites for hydroxylation is 1. The van der Waals surface area contributed by atoms with E-state index in [4.69, 9.17) is 14.5 Å². The number of urea groups is 1. The maximum absolute atomic E-state index is 15.4. The molecule has 3 saturated heterocycles. The molecule has 3 aliphatic rings. The number of carbonyl (C=O) groups excluding carboxylic acids is 3. The molecule has 0 bridgehead atoms. The lowest BCUT2D eigenvalue weighted by Crippen LogP contribution is -2.40. The number of pyridine rings is 2. The predicted molar refractivity (Wildman–Crippen MR) is 237 cm³/mol. The van der Waals surface area contributed by atoms with Crippen LogP contribution in [-0.2, 0) is 23.1 Å². The smallest absolute Gasteiger partial charge is 0.353 e. The quantitative estimate of drug-likeness (QED) is 0.131. The molecular weight excluding hydrogens is 825 g/mol. The van der Waals surface area contributed by atoms with Gasteiger partial charge in [0.2, 0.25) is 11.8 Å². The number of piperidine rings is 2. The van der Waals surface area contributed by atoms with Crippen LogP contribution in [0.25, 0.3) is 16.8 Å². The summed E-state index contributed by atoms with van der Waals surface area (Å²) >= 11 is 0. The van der Waals surface area contributed by atoms with Crippen LogP contribution in [0.3, 0.4) is 0 Å². The molecule has 0 aliphatic carbocycles. The fourth-order valence-electron chi connectivity index (χ4n) is 9.02. The van der Waals surface area contributed by atoms with E-state index >= 15 is 8.78 Å². The number of methoxy groups -OCH3 is 1. The van der Waals surface area contributed by atoms with Crippen molar-refractivity contribution in [2.75, 3.05) is 48.0 Å². The number of nitrogens with zero attached hydrogens (tertiary/aromatic N) is 8. The first kappa shape index (κ1) is 41.9. The van der Waals surface area contributed by atoms with Crippen molar-refractivity contribution < 1.29 is 34.1 Å². The Kier molecular flexibility index (Phi) is 11.4. The van der Waals surface area contributed by atoms with Crippen LogP contribution < -0.4 is 35.2 Å². The van der Waals surface area contributed by atoms with Crippen LogP contribution in [0.15, 0.2) is 96.2 Å². The average molecular weight is 872 g/mol. The maximum atomic E-state index is 15.4. The summed E-state index contributed by atoms with van der Waals surface area (Å²) in [4.78, 5) is 65.2. The molecule has 1 N–H and O–H groups in total. The molecule has 6 aromatic rings. The number of halogens is 2. The van der Waals surface area contributed by atoms with E-state index in [2.05, 4.69) is 15.4 Å². The number of imide groups is 1. The van der Waals surface area contributed by atoms with Crippen molar-refractivity contribution in [3.8, 4) is 34.3 Å². The highest BCUT2D eigenvalue weighted by molar-refractivity contribution is 6.06. The third kappa shape index (κ3) is 7.81. The summed E-state index contributed by atoms with van der Waals surface area (Å²) in [6.45, 7) is 4.04. The van der Waals surface area contributed by atoms with Crippen LogP contribution in [-0.4, -0.2) is 75.4 Å². The molecule has 1 atom stereocenters. The zero-order chi connectivity index (χ0) is 44.6. The van der Waals surface area contributed by atoms with Crippen LogP contribution in [0.1, 0.15) is 62.6 Å². The second-order valence-electron chi connectivity index (χ2n) is 16.0. The van der Waals surface area contributed by atoms with Crippen molar-refractivity contribution in [1.82, 2.24) is 29.6 Å². The minimum Gasteiger partial charge on any atom is -0.467 e. The molecule has 15 nitrogen and oxygen atoms in total. The number of hydrogen-bond acceptors (Lipinski definition) is 10. The number of hydrogen-bond donors (Lipinski definition) is 1. The lowest BCUT2D eigenvalue weighted by Gasteiger charge is -2.34. The summed E-state index contributed by atoms with van der Waals surface area (Å²) in [5.41, 5.74) is 4.32. The van der Waals surface area contributed by atoms with Crippen LogP contribution in [0.4, 0.5) is 30.8 Å². The van der Waals surface area contributed by atoms with Gasteiger partial charge >= 0.3 is 17.7 Å². The number of amides is 4. The van der Waals surface area contributed by atoms with Gasteiger partial charge in [0.05, 0.1) is 30.6 Å². The van der Waals surface area contributed by atoms with Crippen molar-refractivity contribution in [3.63, 3.8) is 0 Å². The molecule has 1 unspecified atom stereocenters. The Morgan fingerprint density at radius 3 is 2.27 bits per heavy atom. The Hall–Kier alpha value is -7.43. The van der Waals surface area contributed by atoms with Gasteiger partial charge in [0.15, 0.2) is 0 Å². The number of ether oxygens (including phenoxy) is 2. The van der Waals surface area contributed by atoms with Crippen molar-refractivity contribution in [3.05, 3.63) is 130 Å². The molecule has 3 aromatic heterocycles. The first-order valence-electron chi connectivity index (χ1n) is 21.2. The van der Waals surface area contributed by atoms with Crippen LogP contribution in [0.2, 0.25) is 0 Å². The highest BCUT2D eigenvalue weighted by Gasteiger charge is 2.35. The van der Waals surface area contributed by atoms with Gasteiger partial charge in [0.1, 0.15) is 29.0 Å². The van der Waals surface area contributed by atoms with Gasteiger partial charge in [0, 0.05) is 81.9 Å². The van der Waals surface area contributed by atoms with Crippen LogP contribution in [0.5, 0.6) is 17.5 Å². The second kappa shape index (κ2) is 17.4. The van der Waals surface area contributed by atoms with E-state index in [0.29, 0.717) is 72.5 Å².